The van der Waals surface area contributed by atoms with Crippen LogP contribution in [0.25, 0.3) is 0 Å². The van der Waals surface area contributed by atoms with Crippen LogP contribution in [0.5, 0.6) is 0 Å². The number of rotatable bonds is 4. The van der Waals surface area contributed by atoms with Crippen LogP contribution in [0.1, 0.15) is 12.0 Å². The van der Waals surface area contributed by atoms with Crippen molar-refractivity contribution in [1.29, 1.82) is 0 Å². The fourth-order valence-electron chi connectivity index (χ4n) is 1.66. The minimum absolute atomic E-state index is 0.310. The first kappa shape index (κ1) is 11.6. The summed E-state index contributed by atoms with van der Waals surface area (Å²) in [6.45, 7) is 1.20. The van der Waals surface area contributed by atoms with E-state index in [1.165, 1.54) is 0 Å². The molecule has 1 atom stereocenters. The molecule has 1 fully saturated rings. The van der Waals surface area contributed by atoms with Crippen LogP contribution in [-0.4, -0.2) is 26.9 Å². The standard InChI is InChI=1S/C11H15NO3S/c13-16(14,11-6-7-15-9-11)12-8-10-4-2-1-3-5-10/h1-5,11-12H,6-9H2/t11-/m0/s1. The van der Waals surface area contributed by atoms with Crippen molar-refractivity contribution >= 4 is 10.0 Å². The molecule has 0 bridgehead atoms. The molecule has 16 heavy (non-hydrogen) atoms. The molecule has 1 aromatic rings. The third-order valence-corrected chi connectivity index (χ3v) is 4.44. The predicted molar refractivity (Wildman–Crippen MR) is 61.4 cm³/mol. The van der Waals surface area contributed by atoms with Gasteiger partial charge in [0.2, 0.25) is 10.0 Å². The van der Waals surface area contributed by atoms with E-state index in [1.807, 2.05) is 30.3 Å². The van der Waals surface area contributed by atoms with E-state index in [2.05, 4.69) is 4.72 Å². The quantitative estimate of drug-likeness (QED) is 0.852. The molecule has 0 spiro atoms. The molecule has 1 N–H and O–H groups in total. The average Bonchev–Trinajstić information content (AvgIpc) is 2.82. The van der Waals surface area contributed by atoms with Gasteiger partial charge in [-0.3, -0.25) is 0 Å². The molecule has 1 heterocycles. The average molecular weight is 241 g/mol. The first-order valence-electron chi connectivity index (χ1n) is 5.28. The number of hydrogen-bond acceptors (Lipinski definition) is 3. The molecule has 0 saturated carbocycles. The fraction of sp³-hybridized carbons (Fsp3) is 0.455. The maximum atomic E-state index is 11.8. The number of sulfonamides is 1. The van der Waals surface area contributed by atoms with E-state index >= 15 is 0 Å². The predicted octanol–water partition coefficient (Wildman–Crippen LogP) is 0.895. The monoisotopic (exact) mass is 241 g/mol. The van der Waals surface area contributed by atoms with Gasteiger partial charge in [-0.1, -0.05) is 30.3 Å². The smallest absolute Gasteiger partial charge is 0.217 e. The van der Waals surface area contributed by atoms with Crippen molar-refractivity contribution in [2.24, 2.45) is 0 Å². The van der Waals surface area contributed by atoms with Crippen molar-refractivity contribution < 1.29 is 13.2 Å². The van der Waals surface area contributed by atoms with Gasteiger partial charge >= 0.3 is 0 Å². The highest BCUT2D eigenvalue weighted by atomic mass is 32.2. The van der Waals surface area contributed by atoms with E-state index in [0.717, 1.165) is 5.56 Å². The summed E-state index contributed by atoms with van der Waals surface area (Å²) in [5, 5.41) is -0.392. The van der Waals surface area contributed by atoms with Crippen LogP contribution >= 0.6 is 0 Å². The fourth-order valence-corrected chi connectivity index (χ4v) is 2.94. The molecule has 1 aromatic carbocycles. The lowest BCUT2D eigenvalue weighted by atomic mass is 10.2. The summed E-state index contributed by atoms with van der Waals surface area (Å²) in [5.41, 5.74) is 0.963. The van der Waals surface area contributed by atoms with E-state index in [0.29, 0.717) is 26.2 Å². The van der Waals surface area contributed by atoms with E-state index in [-0.39, 0.29) is 0 Å². The Kier molecular flexibility index (Phi) is 3.58. The molecule has 2 rings (SSSR count). The highest BCUT2D eigenvalue weighted by Crippen LogP contribution is 2.13. The normalized spacial score (nSPS) is 21.1. The zero-order valence-electron chi connectivity index (χ0n) is 8.93. The summed E-state index contributed by atoms with van der Waals surface area (Å²) in [6.07, 6.45) is 0.587. The first-order valence-corrected chi connectivity index (χ1v) is 6.83. The summed E-state index contributed by atoms with van der Waals surface area (Å²) in [5.74, 6) is 0. The molecule has 1 saturated heterocycles. The zero-order valence-corrected chi connectivity index (χ0v) is 9.74. The minimum atomic E-state index is -3.23. The summed E-state index contributed by atoms with van der Waals surface area (Å²) in [4.78, 5) is 0. The first-order chi connectivity index (χ1) is 7.68. The van der Waals surface area contributed by atoms with Crippen LogP contribution in [0, 0.1) is 0 Å². The van der Waals surface area contributed by atoms with Gasteiger partial charge in [0, 0.05) is 13.2 Å². The Hall–Kier alpha value is -0.910. The molecule has 4 nitrogen and oxygen atoms in total. The van der Waals surface area contributed by atoms with E-state index in [9.17, 15) is 8.42 Å². The zero-order chi connectivity index (χ0) is 11.4. The lowest BCUT2D eigenvalue weighted by Gasteiger charge is -2.11. The van der Waals surface area contributed by atoms with Crippen LogP contribution in [0.4, 0.5) is 0 Å². The SMILES string of the molecule is O=S(=O)(NCc1ccccc1)[C@H]1CCOC1. The van der Waals surface area contributed by atoms with E-state index in [1.54, 1.807) is 0 Å². The molecule has 0 unspecified atom stereocenters. The maximum absolute atomic E-state index is 11.8. The van der Waals surface area contributed by atoms with Gasteiger partial charge in [-0.25, -0.2) is 13.1 Å². The molecule has 1 aliphatic rings. The van der Waals surface area contributed by atoms with Gasteiger partial charge in [-0.05, 0) is 12.0 Å². The number of benzene rings is 1. The number of ether oxygens (including phenoxy) is 1. The topological polar surface area (TPSA) is 55.4 Å². The van der Waals surface area contributed by atoms with Crippen molar-refractivity contribution in [2.45, 2.75) is 18.2 Å². The summed E-state index contributed by atoms with van der Waals surface area (Å²) >= 11 is 0. The van der Waals surface area contributed by atoms with Crippen LogP contribution in [-0.2, 0) is 21.3 Å². The Morgan fingerprint density at radius 2 is 2.06 bits per heavy atom. The van der Waals surface area contributed by atoms with Gasteiger partial charge in [-0.15, -0.1) is 0 Å². The molecular formula is C11H15NO3S. The van der Waals surface area contributed by atoms with Gasteiger partial charge in [-0.2, -0.15) is 0 Å². The molecule has 0 radical (unpaired) electrons. The van der Waals surface area contributed by atoms with Crippen LogP contribution < -0.4 is 4.72 Å². The van der Waals surface area contributed by atoms with Crippen molar-refractivity contribution in [3.8, 4) is 0 Å². The van der Waals surface area contributed by atoms with Gasteiger partial charge < -0.3 is 4.74 Å². The number of nitrogens with one attached hydrogen (secondary N) is 1. The van der Waals surface area contributed by atoms with Crippen molar-refractivity contribution in [3.63, 3.8) is 0 Å². The van der Waals surface area contributed by atoms with Crippen molar-refractivity contribution in [1.82, 2.24) is 4.72 Å². The second-order valence-corrected chi connectivity index (χ2v) is 5.88. The largest absolute Gasteiger partial charge is 0.380 e. The van der Waals surface area contributed by atoms with Gasteiger partial charge in [0.25, 0.3) is 0 Å². The molecule has 0 amide bonds. The Morgan fingerprint density at radius 1 is 1.31 bits per heavy atom. The molecule has 1 aliphatic heterocycles. The highest BCUT2D eigenvalue weighted by molar-refractivity contribution is 7.90. The molecule has 0 aromatic heterocycles. The Labute approximate surface area is 95.7 Å². The number of hydrogen-bond donors (Lipinski definition) is 1. The Morgan fingerprint density at radius 3 is 2.69 bits per heavy atom. The molecule has 0 aliphatic carbocycles. The van der Waals surface area contributed by atoms with Gasteiger partial charge in [0.05, 0.1) is 6.61 Å². The summed E-state index contributed by atoms with van der Waals surface area (Å²) < 4.78 is 31.3. The third-order valence-electron chi connectivity index (χ3n) is 2.65. The second-order valence-electron chi connectivity index (χ2n) is 3.84. The molecular weight excluding hydrogens is 226 g/mol. The summed E-state index contributed by atoms with van der Waals surface area (Å²) in [7, 11) is -3.23. The van der Waals surface area contributed by atoms with Crippen LogP contribution in [0.2, 0.25) is 0 Å². The van der Waals surface area contributed by atoms with Crippen molar-refractivity contribution in [3.05, 3.63) is 35.9 Å². The van der Waals surface area contributed by atoms with Gasteiger partial charge in [0.15, 0.2) is 0 Å². The maximum Gasteiger partial charge on any atom is 0.217 e. The molecule has 88 valence electrons. The lowest BCUT2D eigenvalue weighted by Crippen LogP contribution is -2.34. The Balaban J connectivity index is 1.94. The Bertz CT molecular complexity index is 424. The van der Waals surface area contributed by atoms with Crippen LogP contribution in [0.3, 0.4) is 0 Å². The highest BCUT2D eigenvalue weighted by Gasteiger charge is 2.28. The lowest BCUT2D eigenvalue weighted by molar-refractivity contribution is 0.198. The van der Waals surface area contributed by atoms with Gasteiger partial charge in [0.1, 0.15) is 5.25 Å². The van der Waals surface area contributed by atoms with E-state index in [4.69, 9.17) is 4.74 Å². The van der Waals surface area contributed by atoms with E-state index < -0.39 is 15.3 Å². The second kappa shape index (κ2) is 4.95. The third kappa shape index (κ3) is 2.81. The minimum Gasteiger partial charge on any atom is -0.380 e. The van der Waals surface area contributed by atoms with Crippen LogP contribution in [0.15, 0.2) is 30.3 Å². The molecule has 5 heteroatoms. The van der Waals surface area contributed by atoms with Crippen molar-refractivity contribution in [2.75, 3.05) is 13.2 Å². The summed E-state index contributed by atoms with van der Waals surface area (Å²) in [6, 6.07) is 9.48.